The molecule has 148 heavy (non-hydrogen) atoms. The topological polar surface area (TPSA) is 13.0 Å². The van der Waals surface area contributed by atoms with Gasteiger partial charge in [-0.3, -0.25) is 0 Å². The van der Waals surface area contributed by atoms with Gasteiger partial charge in [0.25, 0.3) is 0 Å². The number of nitrogens with zero attached hydrogens (tertiary/aromatic N) is 4. The van der Waals surface area contributed by atoms with E-state index in [4.69, 9.17) is 0 Å². The Labute approximate surface area is 871 Å². The lowest BCUT2D eigenvalue weighted by atomic mass is 9.82. The minimum Gasteiger partial charge on any atom is -0.310 e. The minimum absolute atomic E-state index is 0.266. The molecule has 0 N–H and O–H groups in total. The molecule has 4 heteroatoms. The van der Waals surface area contributed by atoms with Gasteiger partial charge in [0.15, 0.2) is 0 Å². The van der Waals surface area contributed by atoms with Gasteiger partial charge in [-0.2, -0.15) is 0 Å². The van der Waals surface area contributed by atoms with Crippen molar-refractivity contribution in [3.05, 3.63) is 514 Å². The van der Waals surface area contributed by atoms with Crippen molar-refractivity contribution in [2.24, 2.45) is 0 Å². The summed E-state index contributed by atoms with van der Waals surface area (Å²) in [5.74, 6) is 0. The highest BCUT2D eigenvalue weighted by atomic mass is 15.2. The van der Waals surface area contributed by atoms with Crippen LogP contribution >= 0.6 is 0 Å². The van der Waals surface area contributed by atoms with Crippen LogP contribution in [0.2, 0.25) is 0 Å². The van der Waals surface area contributed by atoms with E-state index in [9.17, 15) is 0 Å². The van der Waals surface area contributed by atoms with Gasteiger partial charge in [-0.05, 0) is 345 Å². The van der Waals surface area contributed by atoms with E-state index in [-0.39, 0.29) is 43.3 Å². The van der Waals surface area contributed by atoms with Gasteiger partial charge in [-0.1, -0.05) is 402 Å². The van der Waals surface area contributed by atoms with Gasteiger partial charge in [-0.25, -0.2) is 0 Å². The predicted octanol–water partition coefficient (Wildman–Crippen LogP) is 39.0. The smallest absolute Gasteiger partial charge is 0.0488 e. The third kappa shape index (κ3) is 12.9. The molecule has 0 aromatic heterocycles. The predicted molar refractivity (Wildman–Crippen MR) is 622 cm³/mol. The molecule has 0 unspecified atom stereocenters. The average Bonchev–Trinajstić information content (AvgIpc) is 1.52. The fourth-order valence-electron chi connectivity index (χ4n) is 28.2. The Morgan fingerprint density at radius 3 is 0.365 bits per heavy atom. The van der Waals surface area contributed by atoms with E-state index in [1.54, 1.807) is 0 Å². The molecule has 8 aliphatic carbocycles. The zero-order valence-electron chi connectivity index (χ0n) is 87.2. The number of benzene rings is 20. The van der Waals surface area contributed by atoms with Crippen molar-refractivity contribution in [1.29, 1.82) is 0 Å². The van der Waals surface area contributed by atoms with Gasteiger partial charge < -0.3 is 19.6 Å². The van der Waals surface area contributed by atoms with Crippen molar-refractivity contribution in [2.75, 3.05) is 19.6 Å². The molecule has 0 aliphatic heterocycles. The summed E-state index contributed by atoms with van der Waals surface area (Å²) in [6, 6.07) is 165. The maximum Gasteiger partial charge on any atom is 0.0488 e. The largest absolute Gasteiger partial charge is 0.310 e. The fourth-order valence-corrected chi connectivity index (χ4v) is 28.2. The molecule has 0 saturated carbocycles. The van der Waals surface area contributed by atoms with Crippen molar-refractivity contribution in [3.63, 3.8) is 0 Å². The zero-order chi connectivity index (χ0) is 101. The monoisotopic (exact) mass is 1900 g/mol. The highest BCUT2D eigenvalue weighted by Gasteiger charge is 2.46. The Morgan fingerprint density at radius 1 is 0.101 bits per heavy atom. The van der Waals surface area contributed by atoms with E-state index >= 15 is 0 Å². The second-order valence-electron chi connectivity index (χ2n) is 47.2. The Balaban J connectivity index is 0.633. The minimum atomic E-state index is -0.266. The quantitative estimate of drug-likeness (QED) is 0.101. The van der Waals surface area contributed by atoms with Gasteiger partial charge in [-0.15, -0.1) is 0 Å². The second-order valence-corrected chi connectivity index (χ2v) is 47.2. The van der Waals surface area contributed by atoms with Crippen LogP contribution in [0.1, 0.15) is 200 Å². The zero-order valence-corrected chi connectivity index (χ0v) is 87.2. The first-order chi connectivity index (χ1) is 71.4. The standard InChI is InChI=1S/C144H118N4/c1-137(2)121-41-25-17-33-105(121)113-65-57-93(79-129(113)137)145(94-58-66-114-106-34-18-26-42-122(106)138(3,4)130(114)80-94)101-73-91(74-102(77-101)146(95-59-67-115-107-35-19-27-43-123(107)139(5,6)131(115)81-95)96-60-68-116-108-36-20-28-44-124(108)140(7,8)132(116)82-96)89-53-49-87(50-54-89)88-51-55-90(56-52-88)92-75-103(147(97-61-69-117-109-37-21-29-45-125(109)141(9,10)133(117)83-97)98-62-70-118-110-38-22-30-46-126(110)142(11,12)134(118)84-98)78-104(76-92)148(99-63-71-119-111-39-23-31-47-127(111)143(13,14)135(119)85-99)100-64-72-120-112-40-24-32-48-128(112)144(15,16)136(120)86-100/h17-86H,1-16H3. The van der Waals surface area contributed by atoms with Crippen LogP contribution < -0.4 is 19.6 Å². The molecule has 0 saturated heterocycles. The average molecular weight is 1900 g/mol. The van der Waals surface area contributed by atoms with Crippen LogP contribution in [-0.4, -0.2) is 0 Å². The Hall–Kier alpha value is -16.4. The first kappa shape index (κ1) is 89.2. The van der Waals surface area contributed by atoms with Crippen LogP contribution in [0.25, 0.3) is 122 Å². The number of fused-ring (bicyclic) bond motifs is 24. The molecule has 28 rings (SSSR count). The molecule has 20 aromatic carbocycles. The third-order valence-electron chi connectivity index (χ3n) is 36.2. The Kier molecular flexibility index (Phi) is 19.0. The Morgan fingerprint density at radius 2 is 0.223 bits per heavy atom. The van der Waals surface area contributed by atoms with E-state index in [0.717, 1.165) is 102 Å². The van der Waals surface area contributed by atoms with E-state index in [1.165, 1.54) is 178 Å². The number of hydrogen-bond acceptors (Lipinski definition) is 4. The first-order valence-electron chi connectivity index (χ1n) is 53.1. The molecule has 714 valence electrons. The summed E-state index contributed by atoms with van der Waals surface area (Å²) in [6.07, 6.45) is 0. The Bertz CT molecular complexity index is 7680. The van der Waals surface area contributed by atoms with Crippen LogP contribution in [0, 0.1) is 0 Å². The van der Waals surface area contributed by atoms with E-state index in [0.29, 0.717) is 0 Å². The molecule has 4 nitrogen and oxygen atoms in total. The second kappa shape index (κ2) is 31.6. The maximum absolute atomic E-state index is 2.58. The summed E-state index contributed by atoms with van der Waals surface area (Å²) in [5.41, 5.74) is 59.6. The molecular formula is C144H118N4. The summed E-state index contributed by atoms with van der Waals surface area (Å²) >= 11 is 0. The molecular weight excluding hydrogens is 1790 g/mol. The van der Waals surface area contributed by atoms with E-state index in [2.05, 4.69) is 555 Å². The molecule has 0 fully saturated rings. The van der Waals surface area contributed by atoms with Crippen LogP contribution in [0.15, 0.2) is 425 Å². The summed E-state index contributed by atoms with van der Waals surface area (Å²) in [6.45, 7) is 38.6. The van der Waals surface area contributed by atoms with E-state index in [1.807, 2.05) is 0 Å². The molecule has 8 aliphatic rings. The van der Waals surface area contributed by atoms with Gasteiger partial charge >= 0.3 is 0 Å². The lowest BCUT2D eigenvalue weighted by molar-refractivity contribution is 0.659. The third-order valence-corrected chi connectivity index (χ3v) is 36.2. The van der Waals surface area contributed by atoms with Gasteiger partial charge in [0.05, 0.1) is 0 Å². The molecule has 0 heterocycles. The van der Waals surface area contributed by atoms with Crippen LogP contribution in [0.4, 0.5) is 68.2 Å². The summed E-state index contributed by atoms with van der Waals surface area (Å²) in [4.78, 5) is 10.3. The molecule has 0 amide bonds. The van der Waals surface area contributed by atoms with Gasteiger partial charge in [0.2, 0.25) is 0 Å². The molecule has 0 radical (unpaired) electrons. The summed E-state index contributed by atoms with van der Waals surface area (Å²) in [7, 11) is 0. The number of anilines is 12. The molecule has 0 atom stereocenters. The SMILES string of the molecule is CC1(C)c2ccccc2-c2ccc(N(c3cc(-c4ccc(-c5ccc(-c6cc(N(c7ccc8c(c7)C(C)(C)c7ccccc7-8)c7ccc8c(c7)C(C)(C)c7ccccc7-8)cc(N(c7ccc8c(c7)C(C)(C)c7ccccc7-8)c7ccc8c(c7)C(C)(C)c7ccccc7-8)c6)cc5)cc4)cc(N(c4ccc5c(c4)C(C)(C)c4ccccc4-5)c4ccc5c(c4)C(C)(C)c4ccccc4-5)c3)c3ccc4c(c3)C(C)(C)c3ccccc3-4)cc21. The lowest BCUT2D eigenvalue weighted by Crippen LogP contribution is -2.19. The summed E-state index contributed by atoms with van der Waals surface area (Å²) in [5, 5.41) is 0. The highest BCUT2D eigenvalue weighted by molar-refractivity contribution is 5.99. The van der Waals surface area contributed by atoms with Crippen molar-refractivity contribution in [3.8, 4) is 122 Å². The highest BCUT2D eigenvalue weighted by Crippen LogP contribution is 2.63. The van der Waals surface area contributed by atoms with Crippen molar-refractivity contribution < 1.29 is 0 Å². The number of rotatable bonds is 15. The lowest BCUT2D eigenvalue weighted by Gasteiger charge is -2.33. The van der Waals surface area contributed by atoms with Crippen molar-refractivity contribution in [2.45, 2.75) is 154 Å². The molecule has 0 spiro atoms. The van der Waals surface area contributed by atoms with Crippen LogP contribution in [0.3, 0.4) is 0 Å². The summed E-state index contributed by atoms with van der Waals surface area (Å²) < 4.78 is 0. The molecule has 0 bridgehead atoms. The maximum atomic E-state index is 2.58. The molecule has 20 aromatic rings. The van der Waals surface area contributed by atoms with Gasteiger partial charge in [0.1, 0.15) is 0 Å². The first-order valence-corrected chi connectivity index (χ1v) is 53.1. The normalized spacial score (nSPS) is 15.9. The van der Waals surface area contributed by atoms with Crippen LogP contribution in [-0.2, 0) is 43.3 Å². The van der Waals surface area contributed by atoms with Crippen molar-refractivity contribution >= 4 is 68.2 Å². The van der Waals surface area contributed by atoms with Gasteiger partial charge in [0, 0.05) is 112 Å². The number of hydrogen-bond donors (Lipinski definition) is 0. The van der Waals surface area contributed by atoms with Crippen LogP contribution in [0.5, 0.6) is 0 Å². The van der Waals surface area contributed by atoms with E-state index < -0.39 is 0 Å². The van der Waals surface area contributed by atoms with Crippen molar-refractivity contribution in [1.82, 2.24) is 0 Å². The fraction of sp³-hybridized carbons (Fsp3) is 0.167.